The number of likely N-dealkylation sites (tertiary alicyclic amines) is 1. The fourth-order valence-electron chi connectivity index (χ4n) is 2.79. The Kier molecular flexibility index (Phi) is 5.05. The molecule has 0 spiro atoms. The highest BCUT2D eigenvalue weighted by molar-refractivity contribution is 6.29. The monoisotopic (exact) mass is 344 g/mol. The topological polar surface area (TPSA) is 75.2 Å². The highest BCUT2D eigenvalue weighted by atomic mass is 35.5. The van der Waals surface area contributed by atoms with Crippen molar-refractivity contribution >= 4 is 29.2 Å². The molecular weight excluding hydrogens is 328 g/mol. The molecule has 1 N–H and O–H groups in total. The first-order valence-electron chi connectivity index (χ1n) is 7.79. The zero-order valence-electron chi connectivity index (χ0n) is 13.0. The average molecular weight is 345 g/mol. The van der Waals surface area contributed by atoms with Gasteiger partial charge in [-0.2, -0.15) is 0 Å². The molecule has 1 atom stereocenters. The number of hydrogen-bond donors (Lipinski definition) is 1. The molecule has 0 radical (unpaired) electrons. The predicted molar refractivity (Wildman–Crippen MR) is 90.4 cm³/mol. The highest BCUT2D eigenvalue weighted by Crippen LogP contribution is 2.26. The highest BCUT2D eigenvalue weighted by Gasteiger charge is 2.32. The van der Waals surface area contributed by atoms with Crippen molar-refractivity contribution in [2.45, 2.75) is 25.3 Å². The summed E-state index contributed by atoms with van der Waals surface area (Å²) in [4.78, 5) is 26.8. The summed E-state index contributed by atoms with van der Waals surface area (Å²) >= 11 is 5.71. The molecule has 2 heterocycles. The van der Waals surface area contributed by atoms with Crippen molar-refractivity contribution in [3.05, 3.63) is 53.2 Å². The van der Waals surface area contributed by atoms with E-state index in [9.17, 15) is 9.59 Å². The van der Waals surface area contributed by atoms with Crippen LogP contribution in [0.25, 0.3) is 0 Å². The van der Waals surface area contributed by atoms with Crippen LogP contribution in [0, 0.1) is 0 Å². The second-order valence-corrected chi connectivity index (χ2v) is 5.98. The van der Waals surface area contributed by atoms with Gasteiger partial charge < -0.3 is 10.2 Å². The van der Waals surface area contributed by atoms with Crippen molar-refractivity contribution < 1.29 is 9.59 Å². The Morgan fingerprint density at radius 2 is 1.92 bits per heavy atom. The second-order valence-electron chi connectivity index (χ2n) is 5.59. The van der Waals surface area contributed by atoms with E-state index < -0.39 is 6.04 Å². The number of carbonyl (C=O) groups excluding carboxylic acids is 2. The lowest BCUT2D eigenvalue weighted by molar-refractivity contribution is -0.141. The minimum absolute atomic E-state index is 0.00700. The summed E-state index contributed by atoms with van der Waals surface area (Å²) in [7, 11) is 0. The van der Waals surface area contributed by atoms with Gasteiger partial charge in [-0.25, -0.2) is 0 Å². The Morgan fingerprint density at radius 1 is 1.12 bits per heavy atom. The first kappa shape index (κ1) is 16.4. The third kappa shape index (κ3) is 3.71. The van der Waals surface area contributed by atoms with Crippen LogP contribution < -0.4 is 5.32 Å². The molecule has 2 aromatic rings. The minimum Gasteiger partial charge on any atom is -0.327 e. The molecule has 1 saturated heterocycles. The van der Waals surface area contributed by atoms with Crippen LogP contribution >= 0.6 is 11.6 Å². The maximum Gasteiger partial charge on any atom is 0.253 e. The van der Waals surface area contributed by atoms with Crippen LogP contribution in [0.3, 0.4) is 0 Å². The fraction of sp³-hybridized carbons (Fsp3) is 0.294. The van der Waals surface area contributed by atoms with Crippen LogP contribution in [0.5, 0.6) is 0 Å². The SMILES string of the molecule is O=C(Nc1ccc(Cl)nn1)[C@H](c1ccccc1)N1CCCCC1=O. The number of hydrogen-bond acceptors (Lipinski definition) is 4. The van der Waals surface area contributed by atoms with Crippen molar-refractivity contribution in [2.75, 3.05) is 11.9 Å². The molecule has 3 rings (SSSR count). The maximum atomic E-state index is 12.8. The van der Waals surface area contributed by atoms with Crippen LogP contribution in [0.15, 0.2) is 42.5 Å². The Balaban J connectivity index is 1.87. The van der Waals surface area contributed by atoms with Gasteiger partial charge in [0.2, 0.25) is 5.91 Å². The third-order valence-corrected chi connectivity index (χ3v) is 4.12. The first-order chi connectivity index (χ1) is 11.6. The molecule has 0 saturated carbocycles. The first-order valence-corrected chi connectivity index (χ1v) is 8.17. The molecule has 1 aromatic heterocycles. The van der Waals surface area contributed by atoms with Crippen molar-refractivity contribution in [1.29, 1.82) is 0 Å². The van der Waals surface area contributed by atoms with Crippen LogP contribution in [-0.2, 0) is 9.59 Å². The molecule has 6 nitrogen and oxygen atoms in total. The van der Waals surface area contributed by atoms with E-state index in [1.54, 1.807) is 17.0 Å². The molecule has 24 heavy (non-hydrogen) atoms. The van der Waals surface area contributed by atoms with E-state index in [2.05, 4.69) is 15.5 Å². The van der Waals surface area contributed by atoms with Crippen LogP contribution in [0.1, 0.15) is 30.9 Å². The predicted octanol–water partition coefficient (Wildman–Crippen LogP) is 2.82. The molecule has 1 aliphatic rings. The van der Waals surface area contributed by atoms with E-state index in [1.165, 1.54) is 0 Å². The number of halogens is 1. The van der Waals surface area contributed by atoms with E-state index in [-0.39, 0.29) is 17.0 Å². The molecule has 1 aromatic carbocycles. The van der Waals surface area contributed by atoms with Gasteiger partial charge in [-0.15, -0.1) is 10.2 Å². The van der Waals surface area contributed by atoms with Crippen molar-refractivity contribution in [2.24, 2.45) is 0 Å². The van der Waals surface area contributed by atoms with E-state index in [1.807, 2.05) is 30.3 Å². The zero-order chi connectivity index (χ0) is 16.9. The number of nitrogens with one attached hydrogen (secondary N) is 1. The number of piperidine rings is 1. The van der Waals surface area contributed by atoms with E-state index in [0.29, 0.717) is 18.8 Å². The summed E-state index contributed by atoms with van der Waals surface area (Å²) in [5.74, 6) is -0.0182. The van der Waals surface area contributed by atoms with Crippen LogP contribution in [-0.4, -0.2) is 33.5 Å². The number of carbonyl (C=O) groups is 2. The molecular formula is C17H17ClN4O2. The number of rotatable bonds is 4. The smallest absolute Gasteiger partial charge is 0.253 e. The van der Waals surface area contributed by atoms with Crippen molar-refractivity contribution in [3.63, 3.8) is 0 Å². The molecule has 2 amide bonds. The quantitative estimate of drug-likeness (QED) is 0.925. The lowest BCUT2D eigenvalue weighted by atomic mass is 10.0. The van der Waals surface area contributed by atoms with E-state index in [4.69, 9.17) is 11.6 Å². The summed E-state index contributed by atoms with van der Waals surface area (Å²) in [5, 5.41) is 10.5. The van der Waals surface area contributed by atoms with Gasteiger partial charge in [0.1, 0.15) is 6.04 Å². The Morgan fingerprint density at radius 3 is 2.58 bits per heavy atom. The number of benzene rings is 1. The molecule has 0 unspecified atom stereocenters. The Hall–Kier alpha value is -2.47. The van der Waals surface area contributed by atoms with Gasteiger partial charge in [-0.05, 0) is 30.5 Å². The third-order valence-electron chi connectivity index (χ3n) is 3.92. The molecule has 1 fully saturated rings. The number of nitrogens with zero attached hydrogens (tertiary/aromatic N) is 3. The van der Waals surface area contributed by atoms with Crippen LogP contribution in [0.2, 0.25) is 5.15 Å². The van der Waals surface area contributed by atoms with Gasteiger partial charge in [0.05, 0.1) is 0 Å². The van der Waals surface area contributed by atoms with E-state index in [0.717, 1.165) is 18.4 Å². The summed E-state index contributed by atoms with van der Waals surface area (Å²) < 4.78 is 0. The lowest BCUT2D eigenvalue weighted by Gasteiger charge is -2.33. The number of amides is 2. The lowest BCUT2D eigenvalue weighted by Crippen LogP contribution is -2.43. The Bertz CT molecular complexity index is 721. The summed E-state index contributed by atoms with van der Waals surface area (Å²) in [6.07, 6.45) is 2.22. The number of aromatic nitrogens is 2. The summed E-state index contributed by atoms with van der Waals surface area (Å²) in [5.41, 5.74) is 0.771. The summed E-state index contributed by atoms with van der Waals surface area (Å²) in [6.45, 7) is 0.568. The van der Waals surface area contributed by atoms with Gasteiger partial charge in [0.25, 0.3) is 5.91 Å². The standard InChI is InChI=1S/C17H17ClN4O2/c18-13-9-10-14(21-20-13)19-17(24)16(12-6-2-1-3-7-12)22-11-5-4-8-15(22)23/h1-3,6-7,9-10,16H,4-5,8,11H2,(H,19,21,24)/t16-/m0/s1. The van der Waals surface area contributed by atoms with Crippen LogP contribution in [0.4, 0.5) is 5.82 Å². The number of anilines is 1. The second kappa shape index (κ2) is 7.40. The minimum atomic E-state index is -0.684. The molecule has 0 bridgehead atoms. The molecule has 124 valence electrons. The average Bonchev–Trinajstić information content (AvgIpc) is 2.60. The van der Waals surface area contributed by atoms with Gasteiger partial charge in [-0.3, -0.25) is 9.59 Å². The molecule has 7 heteroatoms. The van der Waals surface area contributed by atoms with Crippen molar-refractivity contribution in [3.8, 4) is 0 Å². The van der Waals surface area contributed by atoms with Crippen molar-refractivity contribution in [1.82, 2.24) is 15.1 Å². The molecule has 1 aliphatic heterocycles. The van der Waals surface area contributed by atoms with Gasteiger partial charge >= 0.3 is 0 Å². The zero-order valence-corrected chi connectivity index (χ0v) is 13.7. The van der Waals surface area contributed by atoms with Gasteiger partial charge in [0, 0.05) is 13.0 Å². The largest absolute Gasteiger partial charge is 0.327 e. The fourth-order valence-corrected chi connectivity index (χ4v) is 2.89. The van der Waals surface area contributed by atoms with E-state index >= 15 is 0 Å². The normalized spacial score (nSPS) is 15.9. The van der Waals surface area contributed by atoms with Gasteiger partial charge in [0.15, 0.2) is 11.0 Å². The summed E-state index contributed by atoms with van der Waals surface area (Å²) in [6, 6.07) is 11.7. The Labute approximate surface area is 144 Å². The maximum absolute atomic E-state index is 12.8. The molecule has 0 aliphatic carbocycles. The van der Waals surface area contributed by atoms with Gasteiger partial charge in [-0.1, -0.05) is 41.9 Å².